The summed E-state index contributed by atoms with van der Waals surface area (Å²) < 4.78 is 1.80. The quantitative estimate of drug-likeness (QED) is 0.744. The number of aryl methyl sites for hydroxylation is 2. The molecule has 0 aromatic carbocycles. The zero-order chi connectivity index (χ0) is 10.3. The number of carboxylic acid groups (broad SMARTS) is 1. The van der Waals surface area contributed by atoms with Crippen LogP contribution in [0.3, 0.4) is 0 Å². The molecule has 0 aliphatic heterocycles. The second kappa shape index (κ2) is 2.87. The van der Waals surface area contributed by atoms with Crippen molar-refractivity contribution in [2.75, 3.05) is 0 Å². The van der Waals surface area contributed by atoms with Gasteiger partial charge in [-0.1, -0.05) is 0 Å². The number of nitrogens with one attached hydrogen (secondary N) is 1. The summed E-state index contributed by atoms with van der Waals surface area (Å²) in [4.78, 5) is 14.7. The number of aromatic nitrogens is 3. The van der Waals surface area contributed by atoms with Crippen LogP contribution in [0.2, 0.25) is 0 Å². The van der Waals surface area contributed by atoms with Gasteiger partial charge >= 0.3 is 5.97 Å². The van der Waals surface area contributed by atoms with Gasteiger partial charge in [-0.3, -0.25) is 9.89 Å². The molecular weight excluding hydrogens is 182 g/mol. The molecular formula is C9H11N3O2. The molecule has 0 bridgehead atoms. The van der Waals surface area contributed by atoms with Crippen molar-refractivity contribution in [3.63, 3.8) is 0 Å². The monoisotopic (exact) mass is 193 g/mol. The first kappa shape index (κ1) is 8.80. The zero-order valence-corrected chi connectivity index (χ0v) is 8.03. The molecule has 0 spiro atoms. The Bertz CT molecular complexity index is 495. The minimum atomic E-state index is -0.838. The molecule has 0 fully saturated rings. The molecule has 0 aliphatic rings. The molecule has 14 heavy (non-hydrogen) atoms. The third-order valence-electron chi connectivity index (χ3n) is 2.30. The second-order valence-electron chi connectivity index (χ2n) is 3.34. The number of H-pyrrole nitrogens is 1. The average molecular weight is 193 g/mol. The number of hydrogen-bond acceptors (Lipinski definition) is 2. The van der Waals surface area contributed by atoms with Crippen LogP contribution in [-0.2, 0) is 11.2 Å². The number of carboxylic acids is 1. The lowest BCUT2D eigenvalue weighted by Gasteiger charge is -1.93. The molecule has 0 saturated carbocycles. The van der Waals surface area contributed by atoms with Gasteiger partial charge in [0, 0.05) is 11.3 Å². The Labute approximate surface area is 80.4 Å². The van der Waals surface area contributed by atoms with Crippen LogP contribution in [0.1, 0.15) is 17.0 Å². The first-order chi connectivity index (χ1) is 6.59. The summed E-state index contributed by atoms with van der Waals surface area (Å²) in [5.74, 6) is -0.838. The van der Waals surface area contributed by atoms with Crippen molar-refractivity contribution in [3.8, 4) is 0 Å². The van der Waals surface area contributed by atoms with Crippen molar-refractivity contribution < 1.29 is 9.90 Å². The van der Waals surface area contributed by atoms with Crippen molar-refractivity contribution in [1.82, 2.24) is 14.6 Å². The van der Waals surface area contributed by atoms with Gasteiger partial charge in [0.05, 0.1) is 18.3 Å². The van der Waals surface area contributed by atoms with Crippen LogP contribution in [0.15, 0.2) is 6.20 Å². The summed E-state index contributed by atoms with van der Waals surface area (Å²) in [6, 6.07) is 0. The highest BCUT2D eigenvalue weighted by atomic mass is 16.4. The number of nitrogens with zero attached hydrogens (tertiary/aromatic N) is 2. The van der Waals surface area contributed by atoms with E-state index in [0.717, 1.165) is 16.9 Å². The van der Waals surface area contributed by atoms with Crippen LogP contribution in [0.5, 0.6) is 0 Å². The Morgan fingerprint density at radius 1 is 1.64 bits per heavy atom. The molecule has 5 nitrogen and oxygen atoms in total. The summed E-state index contributed by atoms with van der Waals surface area (Å²) in [5.41, 5.74) is 3.39. The van der Waals surface area contributed by atoms with Crippen molar-refractivity contribution >= 4 is 11.6 Å². The van der Waals surface area contributed by atoms with Crippen LogP contribution in [-0.4, -0.2) is 25.7 Å². The van der Waals surface area contributed by atoms with Gasteiger partial charge in [0.2, 0.25) is 0 Å². The summed E-state index contributed by atoms with van der Waals surface area (Å²) in [6.07, 6.45) is 1.76. The third kappa shape index (κ3) is 1.17. The third-order valence-corrected chi connectivity index (χ3v) is 2.30. The van der Waals surface area contributed by atoms with E-state index in [1.54, 1.807) is 10.7 Å². The smallest absolute Gasteiger partial charge is 0.309 e. The maximum Gasteiger partial charge on any atom is 0.309 e. The molecule has 2 rings (SSSR count). The molecule has 0 aliphatic carbocycles. The number of hydrogen-bond donors (Lipinski definition) is 2. The Morgan fingerprint density at radius 3 is 2.93 bits per heavy atom. The van der Waals surface area contributed by atoms with E-state index in [1.165, 1.54) is 0 Å². The molecule has 2 aromatic rings. The van der Waals surface area contributed by atoms with Gasteiger partial charge in [-0.25, -0.2) is 9.50 Å². The molecule has 0 atom stereocenters. The lowest BCUT2D eigenvalue weighted by Crippen LogP contribution is -2.02. The van der Waals surface area contributed by atoms with E-state index in [0.29, 0.717) is 5.69 Å². The normalized spacial score (nSPS) is 11.0. The minimum absolute atomic E-state index is 0.00856. The van der Waals surface area contributed by atoms with Gasteiger partial charge in [0.1, 0.15) is 0 Å². The van der Waals surface area contributed by atoms with E-state index in [4.69, 9.17) is 5.11 Å². The molecule has 0 unspecified atom stereocenters. The number of aromatic amines is 1. The minimum Gasteiger partial charge on any atom is -0.481 e. The van der Waals surface area contributed by atoms with E-state index in [-0.39, 0.29) is 6.42 Å². The highest BCUT2D eigenvalue weighted by Crippen LogP contribution is 2.15. The van der Waals surface area contributed by atoms with Crippen LogP contribution in [0, 0.1) is 13.8 Å². The topological polar surface area (TPSA) is 70.4 Å². The molecule has 0 amide bonds. The number of rotatable bonds is 2. The van der Waals surface area contributed by atoms with E-state index in [2.05, 4.69) is 10.1 Å². The fourth-order valence-electron chi connectivity index (χ4n) is 1.52. The molecule has 5 heteroatoms. The van der Waals surface area contributed by atoms with Crippen LogP contribution >= 0.6 is 0 Å². The Morgan fingerprint density at radius 2 is 2.36 bits per heavy atom. The Hall–Kier alpha value is -1.78. The molecule has 2 aromatic heterocycles. The second-order valence-corrected chi connectivity index (χ2v) is 3.34. The van der Waals surface area contributed by atoms with Crippen molar-refractivity contribution in [1.29, 1.82) is 0 Å². The standard InChI is InChI=1S/C9H11N3O2/c1-5-4-10-9-6(2)7(3-8(13)14)11-12(5)9/h4,11H,3H2,1-2H3,(H,13,14). The van der Waals surface area contributed by atoms with Gasteiger partial charge in [-0.05, 0) is 13.8 Å². The lowest BCUT2D eigenvalue weighted by atomic mass is 10.2. The fourth-order valence-corrected chi connectivity index (χ4v) is 1.52. The van der Waals surface area contributed by atoms with Gasteiger partial charge in [-0.2, -0.15) is 0 Å². The molecule has 2 heterocycles. The van der Waals surface area contributed by atoms with Crippen LogP contribution < -0.4 is 0 Å². The molecule has 0 saturated heterocycles. The van der Waals surface area contributed by atoms with Crippen molar-refractivity contribution in [3.05, 3.63) is 23.1 Å². The number of fused-ring (bicyclic) bond motifs is 1. The molecule has 2 N–H and O–H groups in total. The first-order valence-electron chi connectivity index (χ1n) is 4.33. The maximum absolute atomic E-state index is 10.6. The van der Waals surface area contributed by atoms with Crippen LogP contribution in [0.25, 0.3) is 5.65 Å². The van der Waals surface area contributed by atoms with E-state index < -0.39 is 5.97 Å². The predicted octanol–water partition coefficient (Wildman–Crippen LogP) is 0.906. The van der Waals surface area contributed by atoms with Gasteiger partial charge < -0.3 is 5.11 Å². The summed E-state index contributed by atoms with van der Waals surface area (Å²) in [7, 11) is 0. The lowest BCUT2D eigenvalue weighted by molar-refractivity contribution is -0.136. The van der Waals surface area contributed by atoms with Crippen molar-refractivity contribution in [2.45, 2.75) is 20.3 Å². The largest absolute Gasteiger partial charge is 0.481 e. The zero-order valence-electron chi connectivity index (χ0n) is 8.03. The number of carbonyl (C=O) groups is 1. The SMILES string of the molecule is Cc1c(CC(=O)O)[nH]n2c(C)cnc12. The van der Waals surface area contributed by atoms with Crippen LogP contribution in [0.4, 0.5) is 0 Å². The predicted molar refractivity (Wildman–Crippen MR) is 50.4 cm³/mol. The van der Waals surface area contributed by atoms with E-state index in [9.17, 15) is 4.79 Å². The Kier molecular flexibility index (Phi) is 1.80. The molecule has 0 radical (unpaired) electrons. The van der Waals surface area contributed by atoms with Gasteiger partial charge in [0.25, 0.3) is 0 Å². The van der Waals surface area contributed by atoms with Gasteiger partial charge in [-0.15, -0.1) is 0 Å². The molecule has 74 valence electrons. The number of aliphatic carboxylic acids is 1. The summed E-state index contributed by atoms with van der Waals surface area (Å²) in [6.45, 7) is 3.79. The Balaban J connectivity index is 2.57. The average Bonchev–Trinajstić information content (AvgIpc) is 2.57. The fraction of sp³-hybridized carbons (Fsp3) is 0.333. The van der Waals surface area contributed by atoms with E-state index in [1.807, 2.05) is 13.8 Å². The van der Waals surface area contributed by atoms with E-state index >= 15 is 0 Å². The highest BCUT2D eigenvalue weighted by molar-refractivity contribution is 5.71. The summed E-state index contributed by atoms with van der Waals surface area (Å²) >= 11 is 0. The van der Waals surface area contributed by atoms with Crippen molar-refractivity contribution in [2.24, 2.45) is 0 Å². The first-order valence-corrected chi connectivity index (χ1v) is 4.33. The summed E-state index contributed by atoms with van der Waals surface area (Å²) in [5, 5.41) is 11.7. The van der Waals surface area contributed by atoms with Gasteiger partial charge in [0.15, 0.2) is 5.65 Å². The number of imidazole rings is 1. The highest BCUT2D eigenvalue weighted by Gasteiger charge is 2.12. The maximum atomic E-state index is 10.6.